The molecule has 1 aliphatic heterocycles. The SMILES string of the molecule is O=C(O)c1ncn2c1C1(CCCC1)N=C(c1ccccc1F)c1cc(Cl)ccc1-2. The molecule has 0 unspecified atom stereocenters. The van der Waals surface area contributed by atoms with Gasteiger partial charge >= 0.3 is 5.97 Å². The number of fused-ring (bicyclic) bond motifs is 4. The van der Waals surface area contributed by atoms with Gasteiger partial charge in [-0.3, -0.25) is 9.56 Å². The molecule has 2 aromatic carbocycles. The first-order valence-electron chi connectivity index (χ1n) is 9.46. The van der Waals surface area contributed by atoms with Crippen molar-refractivity contribution in [1.29, 1.82) is 0 Å². The van der Waals surface area contributed by atoms with Crippen LogP contribution < -0.4 is 0 Å². The number of carbonyl (C=O) groups is 1. The van der Waals surface area contributed by atoms with Crippen LogP contribution in [0.2, 0.25) is 5.02 Å². The second-order valence-corrected chi connectivity index (χ2v) is 7.89. The minimum Gasteiger partial charge on any atom is -0.476 e. The highest BCUT2D eigenvalue weighted by atomic mass is 35.5. The van der Waals surface area contributed by atoms with Crippen LogP contribution in [0.25, 0.3) is 5.69 Å². The van der Waals surface area contributed by atoms with Crippen molar-refractivity contribution in [1.82, 2.24) is 9.55 Å². The number of aliphatic imine (C=N–C) groups is 1. The van der Waals surface area contributed by atoms with E-state index in [9.17, 15) is 14.3 Å². The Morgan fingerprint density at radius 2 is 1.90 bits per heavy atom. The van der Waals surface area contributed by atoms with Crippen LogP contribution in [0.4, 0.5) is 4.39 Å². The molecule has 0 saturated heterocycles. The van der Waals surface area contributed by atoms with E-state index in [1.165, 1.54) is 12.4 Å². The smallest absolute Gasteiger partial charge is 0.356 e. The summed E-state index contributed by atoms with van der Waals surface area (Å²) in [6, 6.07) is 11.8. The lowest BCUT2D eigenvalue weighted by Crippen LogP contribution is -2.26. The van der Waals surface area contributed by atoms with E-state index < -0.39 is 11.5 Å². The summed E-state index contributed by atoms with van der Waals surface area (Å²) in [5.41, 5.74) is 1.98. The molecule has 3 aromatic rings. The average molecular weight is 410 g/mol. The van der Waals surface area contributed by atoms with Crippen LogP contribution in [0.5, 0.6) is 0 Å². The Kier molecular flexibility index (Phi) is 4.06. The normalized spacial score (nSPS) is 16.8. The summed E-state index contributed by atoms with van der Waals surface area (Å²) in [5, 5.41) is 10.3. The fourth-order valence-electron chi connectivity index (χ4n) is 4.53. The lowest BCUT2D eigenvalue weighted by Gasteiger charge is -2.25. The molecular formula is C22H17ClFN3O2. The molecule has 29 heavy (non-hydrogen) atoms. The Labute approximate surface area is 171 Å². The summed E-state index contributed by atoms with van der Waals surface area (Å²) < 4.78 is 16.6. The van der Waals surface area contributed by atoms with Gasteiger partial charge in [-0.1, -0.05) is 36.6 Å². The zero-order chi connectivity index (χ0) is 20.2. The van der Waals surface area contributed by atoms with Crippen molar-refractivity contribution in [3.63, 3.8) is 0 Å². The summed E-state index contributed by atoms with van der Waals surface area (Å²) >= 11 is 6.29. The fourth-order valence-corrected chi connectivity index (χ4v) is 4.71. The topological polar surface area (TPSA) is 67.5 Å². The van der Waals surface area contributed by atoms with E-state index >= 15 is 0 Å². The van der Waals surface area contributed by atoms with E-state index in [1.807, 2.05) is 0 Å². The number of benzene rings is 2. The molecule has 2 heterocycles. The van der Waals surface area contributed by atoms with Crippen LogP contribution in [0, 0.1) is 5.82 Å². The molecular weight excluding hydrogens is 393 g/mol. The number of nitrogens with zero attached hydrogens (tertiary/aromatic N) is 3. The minimum atomic E-state index is -1.09. The van der Waals surface area contributed by atoms with Gasteiger partial charge < -0.3 is 5.11 Å². The van der Waals surface area contributed by atoms with Gasteiger partial charge in [0.2, 0.25) is 0 Å². The van der Waals surface area contributed by atoms with Crippen LogP contribution in [-0.4, -0.2) is 26.3 Å². The number of imidazole rings is 1. The Morgan fingerprint density at radius 1 is 1.14 bits per heavy atom. The Hall–Kier alpha value is -2.99. The highest BCUT2D eigenvalue weighted by Gasteiger charge is 2.44. The monoisotopic (exact) mass is 409 g/mol. The van der Waals surface area contributed by atoms with Crippen molar-refractivity contribution < 1.29 is 14.3 Å². The number of hydrogen-bond donors (Lipinski definition) is 1. The van der Waals surface area contributed by atoms with Gasteiger partial charge in [0.1, 0.15) is 17.7 Å². The van der Waals surface area contributed by atoms with Gasteiger partial charge in [-0.05, 0) is 43.2 Å². The Morgan fingerprint density at radius 3 is 2.62 bits per heavy atom. The number of aromatic nitrogens is 2. The maximum absolute atomic E-state index is 14.8. The summed E-state index contributed by atoms with van der Waals surface area (Å²) in [6.07, 6.45) is 4.70. The predicted octanol–water partition coefficient (Wildman–Crippen LogP) is 4.98. The number of halogens is 2. The van der Waals surface area contributed by atoms with Gasteiger partial charge in [0.25, 0.3) is 0 Å². The van der Waals surface area contributed by atoms with Crippen molar-refractivity contribution in [3.8, 4) is 5.69 Å². The molecule has 1 aromatic heterocycles. The van der Waals surface area contributed by atoms with Crippen LogP contribution in [0.15, 0.2) is 53.8 Å². The molecule has 1 aliphatic carbocycles. The third-order valence-corrected chi connectivity index (χ3v) is 6.00. The average Bonchev–Trinajstić information content (AvgIpc) is 3.32. The molecule has 0 amide bonds. The van der Waals surface area contributed by atoms with Crippen LogP contribution >= 0.6 is 11.6 Å². The molecule has 1 spiro atoms. The van der Waals surface area contributed by atoms with Gasteiger partial charge in [-0.15, -0.1) is 0 Å². The molecule has 1 N–H and O–H groups in total. The van der Waals surface area contributed by atoms with E-state index in [0.29, 0.717) is 46.1 Å². The summed E-state index contributed by atoms with van der Waals surface area (Å²) in [7, 11) is 0. The predicted molar refractivity (Wildman–Crippen MR) is 108 cm³/mol. The second kappa shape index (κ2) is 6.52. The summed E-state index contributed by atoms with van der Waals surface area (Å²) in [4.78, 5) is 21.2. The van der Waals surface area contributed by atoms with E-state index in [0.717, 1.165) is 12.8 Å². The molecule has 7 heteroatoms. The summed E-state index contributed by atoms with van der Waals surface area (Å²) in [6.45, 7) is 0. The number of aromatic carboxylic acids is 1. The molecule has 5 rings (SSSR count). The van der Waals surface area contributed by atoms with Crippen LogP contribution in [-0.2, 0) is 5.54 Å². The summed E-state index contributed by atoms with van der Waals surface area (Å²) in [5.74, 6) is -1.47. The third kappa shape index (κ3) is 2.70. The first-order chi connectivity index (χ1) is 14.0. The number of carboxylic acid groups (broad SMARTS) is 1. The first-order valence-corrected chi connectivity index (χ1v) is 9.84. The van der Waals surface area contributed by atoms with Gasteiger partial charge in [0.15, 0.2) is 5.69 Å². The van der Waals surface area contributed by atoms with Crippen molar-refractivity contribution >= 4 is 23.3 Å². The van der Waals surface area contributed by atoms with E-state index in [1.54, 1.807) is 41.0 Å². The zero-order valence-electron chi connectivity index (χ0n) is 15.4. The number of rotatable bonds is 2. The lowest BCUT2D eigenvalue weighted by molar-refractivity contribution is 0.0687. The minimum absolute atomic E-state index is 0.00802. The first kappa shape index (κ1) is 18.1. The van der Waals surface area contributed by atoms with Crippen molar-refractivity contribution in [2.45, 2.75) is 31.2 Å². The highest BCUT2D eigenvalue weighted by Crippen LogP contribution is 2.47. The van der Waals surface area contributed by atoms with Crippen molar-refractivity contribution in [3.05, 3.63) is 82.1 Å². The Balaban J connectivity index is 1.91. The molecule has 146 valence electrons. The van der Waals surface area contributed by atoms with Gasteiger partial charge in [-0.2, -0.15) is 0 Å². The van der Waals surface area contributed by atoms with Gasteiger partial charge in [0, 0.05) is 16.1 Å². The highest BCUT2D eigenvalue weighted by molar-refractivity contribution is 6.31. The molecule has 1 fully saturated rings. The number of carboxylic acids is 1. The largest absolute Gasteiger partial charge is 0.476 e. The lowest BCUT2D eigenvalue weighted by atomic mass is 9.91. The third-order valence-electron chi connectivity index (χ3n) is 5.77. The second-order valence-electron chi connectivity index (χ2n) is 7.46. The molecule has 0 bridgehead atoms. The molecule has 0 radical (unpaired) electrons. The van der Waals surface area contributed by atoms with E-state index in [4.69, 9.17) is 16.6 Å². The molecule has 1 saturated carbocycles. The van der Waals surface area contributed by atoms with Gasteiger partial charge in [0.05, 0.1) is 17.1 Å². The van der Waals surface area contributed by atoms with Crippen LogP contribution in [0.1, 0.15) is 53.0 Å². The fraction of sp³-hybridized carbons (Fsp3) is 0.227. The standard InChI is InChI=1S/C22H17ClFN3O2/c23-13-7-8-17-15(11-13)18(14-5-1-2-6-16(14)24)26-22(9-3-4-10-22)20-19(21(28)29)25-12-27(17)20/h1-2,5-8,11-12H,3-4,9-10H2,(H,28,29). The van der Waals surface area contributed by atoms with E-state index in [2.05, 4.69) is 4.98 Å². The maximum Gasteiger partial charge on any atom is 0.356 e. The van der Waals surface area contributed by atoms with Gasteiger partial charge in [-0.25, -0.2) is 14.2 Å². The number of hydrogen-bond acceptors (Lipinski definition) is 3. The Bertz CT molecular complexity index is 1180. The van der Waals surface area contributed by atoms with Crippen molar-refractivity contribution in [2.24, 2.45) is 4.99 Å². The zero-order valence-corrected chi connectivity index (χ0v) is 16.2. The molecule has 0 atom stereocenters. The van der Waals surface area contributed by atoms with Crippen molar-refractivity contribution in [2.75, 3.05) is 0 Å². The molecule has 2 aliphatic rings. The van der Waals surface area contributed by atoms with E-state index in [-0.39, 0.29) is 11.5 Å². The van der Waals surface area contributed by atoms with Crippen LogP contribution in [0.3, 0.4) is 0 Å². The maximum atomic E-state index is 14.8. The molecule has 5 nitrogen and oxygen atoms in total. The quantitative estimate of drug-likeness (QED) is 0.648.